The van der Waals surface area contributed by atoms with Crippen molar-refractivity contribution in [1.82, 2.24) is 5.32 Å². The second-order valence-corrected chi connectivity index (χ2v) is 6.60. The zero-order valence-electron chi connectivity index (χ0n) is 12.2. The van der Waals surface area contributed by atoms with Gasteiger partial charge >= 0.3 is 0 Å². The maximum Gasteiger partial charge on any atom is 0.00684 e. The highest BCUT2D eigenvalue weighted by Crippen LogP contribution is 2.36. The Morgan fingerprint density at radius 3 is 2.32 bits per heavy atom. The molecule has 2 aliphatic rings. The van der Waals surface area contributed by atoms with Crippen molar-refractivity contribution in [2.45, 2.75) is 63.8 Å². The first-order valence-electron chi connectivity index (χ1n) is 8.13. The summed E-state index contributed by atoms with van der Waals surface area (Å²) in [5, 5.41) is 3.77. The van der Waals surface area contributed by atoms with Crippen LogP contribution in [0.1, 0.15) is 62.0 Å². The third-order valence-electron chi connectivity index (χ3n) is 4.93. The van der Waals surface area contributed by atoms with E-state index >= 15 is 0 Å². The van der Waals surface area contributed by atoms with Gasteiger partial charge in [0, 0.05) is 12.6 Å². The second kappa shape index (κ2) is 6.09. The molecular weight excluding hydrogens is 230 g/mol. The SMILES string of the molecule is Cc1ccc(C(CNC2CC2)C2CCCCC2)cc1. The predicted octanol–water partition coefficient (Wildman–Crippen LogP) is 4.41. The minimum absolute atomic E-state index is 0.737. The summed E-state index contributed by atoms with van der Waals surface area (Å²) in [7, 11) is 0. The number of benzene rings is 1. The molecule has 0 radical (unpaired) electrons. The molecule has 0 heterocycles. The van der Waals surface area contributed by atoms with Crippen LogP contribution in [0.4, 0.5) is 0 Å². The highest BCUT2D eigenvalue weighted by molar-refractivity contribution is 5.25. The first-order chi connectivity index (χ1) is 9.33. The lowest BCUT2D eigenvalue weighted by Gasteiger charge is -2.31. The normalized spacial score (nSPS) is 22.4. The summed E-state index contributed by atoms with van der Waals surface area (Å²) in [6.45, 7) is 3.38. The van der Waals surface area contributed by atoms with Crippen LogP contribution in [0.2, 0.25) is 0 Å². The molecule has 1 aromatic rings. The van der Waals surface area contributed by atoms with Crippen LogP contribution in [0.15, 0.2) is 24.3 Å². The fourth-order valence-electron chi connectivity index (χ4n) is 3.49. The van der Waals surface area contributed by atoms with Gasteiger partial charge in [0.05, 0.1) is 0 Å². The maximum absolute atomic E-state index is 3.77. The third-order valence-corrected chi connectivity index (χ3v) is 4.93. The molecule has 0 amide bonds. The van der Waals surface area contributed by atoms with Gasteiger partial charge in [0.2, 0.25) is 0 Å². The fourth-order valence-corrected chi connectivity index (χ4v) is 3.49. The van der Waals surface area contributed by atoms with Gasteiger partial charge < -0.3 is 5.32 Å². The minimum atomic E-state index is 0.737. The molecule has 2 saturated carbocycles. The highest BCUT2D eigenvalue weighted by Gasteiger charge is 2.27. The van der Waals surface area contributed by atoms with Crippen LogP contribution in [0.5, 0.6) is 0 Å². The zero-order chi connectivity index (χ0) is 13.1. The van der Waals surface area contributed by atoms with E-state index in [1.807, 2.05) is 0 Å². The van der Waals surface area contributed by atoms with E-state index < -0.39 is 0 Å². The number of hydrogen-bond acceptors (Lipinski definition) is 1. The van der Waals surface area contributed by atoms with Crippen molar-refractivity contribution < 1.29 is 0 Å². The molecule has 0 saturated heterocycles. The van der Waals surface area contributed by atoms with Crippen LogP contribution in [0.3, 0.4) is 0 Å². The molecule has 2 fully saturated rings. The van der Waals surface area contributed by atoms with Gasteiger partial charge in [-0.2, -0.15) is 0 Å². The topological polar surface area (TPSA) is 12.0 Å². The summed E-state index contributed by atoms with van der Waals surface area (Å²) in [6, 6.07) is 10.1. The van der Waals surface area contributed by atoms with E-state index in [-0.39, 0.29) is 0 Å². The van der Waals surface area contributed by atoms with Crippen LogP contribution < -0.4 is 5.32 Å². The summed E-state index contributed by atoms with van der Waals surface area (Å²) >= 11 is 0. The van der Waals surface area contributed by atoms with Crippen LogP contribution in [-0.2, 0) is 0 Å². The lowest BCUT2D eigenvalue weighted by atomic mass is 9.76. The van der Waals surface area contributed by atoms with Crippen molar-refractivity contribution in [2.24, 2.45) is 5.92 Å². The first kappa shape index (κ1) is 13.2. The van der Waals surface area contributed by atoms with Crippen LogP contribution >= 0.6 is 0 Å². The number of rotatable bonds is 5. The molecule has 1 heteroatoms. The summed E-state index contributed by atoms with van der Waals surface area (Å²) in [6.07, 6.45) is 9.99. The molecule has 3 rings (SSSR count). The summed E-state index contributed by atoms with van der Waals surface area (Å²) in [5.41, 5.74) is 2.94. The smallest absolute Gasteiger partial charge is 0.00684 e. The van der Waals surface area contributed by atoms with E-state index in [1.54, 1.807) is 5.56 Å². The van der Waals surface area contributed by atoms with Crippen LogP contribution in [-0.4, -0.2) is 12.6 Å². The molecule has 19 heavy (non-hydrogen) atoms. The lowest BCUT2D eigenvalue weighted by Crippen LogP contribution is -2.29. The average Bonchev–Trinajstić information content (AvgIpc) is 3.26. The van der Waals surface area contributed by atoms with Crippen molar-refractivity contribution >= 4 is 0 Å². The Kier molecular flexibility index (Phi) is 4.22. The van der Waals surface area contributed by atoms with Gasteiger partial charge in [-0.05, 0) is 50.0 Å². The van der Waals surface area contributed by atoms with Crippen molar-refractivity contribution in [3.05, 3.63) is 35.4 Å². The van der Waals surface area contributed by atoms with Crippen LogP contribution in [0.25, 0.3) is 0 Å². The number of aryl methyl sites for hydroxylation is 1. The van der Waals surface area contributed by atoms with E-state index in [0.29, 0.717) is 0 Å². The quantitative estimate of drug-likeness (QED) is 0.824. The molecule has 1 nitrogen and oxygen atoms in total. The highest BCUT2D eigenvalue weighted by atomic mass is 14.9. The van der Waals surface area contributed by atoms with E-state index in [4.69, 9.17) is 0 Å². The zero-order valence-corrected chi connectivity index (χ0v) is 12.2. The Balaban J connectivity index is 1.71. The van der Waals surface area contributed by atoms with Gasteiger partial charge in [-0.15, -0.1) is 0 Å². The van der Waals surface area contributed by atoms with Gasteiger partial charge in [-0.3, -0.25) is 0 Å². The minimum Gasteiger partial charge on any atom is -0.313 e. The molecule has 2 aliphatic carbocycles. The standard InChI is InChI=1S/C18H27N/c1-14-7-9-16(10-8-14)18(13-19-17-11-12-17)15-5-3-2-4-6-15/h7-10,15,17-19H,2-6,11-13H2,1H3. The number of hydrogen-bond donors (Lipinski definition) is 1. The largest absolute Gasteiger partial charge is 0.313 e. The Morgan fingerprint density at radius 2 is 1.68 bits per heavy atom. The molecule has 0 aliphatic heterocycles. The molecule has 0 aromatic heterocycles. The molecular formula is C18H27N. The Morgan fingerprint density at radius 1 is 1.00 bits per heavy atom. The molecule has 1 atom stereocenters. The van der Waals surface area contributed by atoms with Gasteiger partial charge in [-0.1, -0.05) is 49.1 Å². The van der Waals surface area contributed by atoms with E-state index in [0.717, 1.165) is 17.9 Å². The van der Waals surface area contributed by atoms with Crippen molar-refractivity contribution in [1.29, 1.82) is 0 Å². The van der Waals surface area contributed by atoms with Gasteiger partial charge in [0.15, 0.2) is 0 Å². The van der Waals surface area contributed by atoms with Gasteiger partial charge in [0.25, 0.3) is 0 Å². The van der Waals surface area contributed by atoms with Gasteiger partial charge in [-0.25, -0.2) is 0 Å². The second-order valence-electron chi connectivity index (χ2n) is 6.60. The Bertz CT molecular complexity index is 385. The monoisotopic (exact) mass is 257 g/mol. The lowest BCUT2D eigenvalue weighted by molar-refractivity contribution is 0.296. The fraction of sp³-hybridized carbons (Fsp3) is 0.667. The summed E-state index contributed by atoms with van der Waals surface area (Å²) < 4.78 is 0. The molecule has 0 spiro atoms. The average molecular weight is 257 g/mol. The Hall–Kier alpha value is -0.820. The van der Waals surface area contributed by atoms with Crippen molar-refractivity contribution in [3.8, 4) is 0 Å². The first-order valence-corrected chi connectivity index (χ1v) is 8.13. The Labute approximate surface area is 117 Å². The molecule has 1 N–H and O–H groups in total. The van der Waals surface area contributed by atoms with Crippen molar-refractivity contribution in [2.75, 3.05) is 6.54 Å². The van der Waals surface area contributed by atoms with E-state index in [1.165, 1.54) is 57.1 Å². The summed E-state index contributed by atoms with van der Waals surface area (Å²) in [5.74, 6) is 1.64. The van der Waals surface area contributed by atoms with Crippen LogP contribution in [0, 0.1) is 12.8 Å². The van der Waals surface area contributed by atoms with E-state index in [9.17, 15) is 0 Å². The third kappa shape index (κ3) is 3.60. The molecule has 1 aromatic carbocycles. The summed E-state index contributed by atoms with van der Waals surface area (Å²) in [4.78, 5) is 0. The molecule has 104 valence electrons. The number of nitrogens with one attached hydrogen (secondary N) is 1. The predicted molar refractivity (Wildman–Crippen MR) is 81.5 cm³/mol. The van der Waals surface area contributed by atoms with Crippen molar-refractivity contribution in [3.63, 3.8) is 0 Å². The van der Waals surface area contributed by atoms with E-state index in [2.05, 4.69) is 36.5 Å². The molecule has 1 unspecified atom stereocenters. The molecule has 0 bridgehead atoms. The van der Waals surface area contributed by atoms with Gasteiger partial charge in [0.1, 0.15) is 0 Å². The maximum atomic E-state index is 3.77.